The number of nitrogens with two attached hydrogens (primary N) is 1. The maximum Gasteiger partial charge on any atom is 0.222 e. The van der Waals surface area contributed by atoms with Crippen molar-refractivity contribution in [3.05, 3.63) is 41.6 Å². The molecule has 1 aromatic carbocycles. The van der Waals surface area contributed by atoms with Gasteiger partial charge in [0.2, 0.25) is 5.95 Å². The van der Waals surface area contributed by atoms with Crippen LogP contribution in [0.15, 0.2) is 30.3 Å². The van der Waals surface area contributed by atoms with E-state index in [1.807, 2.05) is 24.3 Å². The van der Waals surface area contributed by atoms with Crippen LogP contribution >= 0.6 is 0 Å². The van der Waals surface area contributed by atoms with Gasteiger partial charge in [-0.15, -0.1) is 0 Å². The minimum absolute atomic E-state index is 0.181. The molecule has 2 aromatic rings. The lowest BCUT2D eigenvalue weighted by Crippen LogP contribution is -2.54. The average Bonchev–Trinajstić information content (AvgIpc) is 3.06. The van der Waals surface area contributed by atoms with E-state index >= 15 is 0 Å². The molecule has 6 heteroatoms. The second-order valence-electron chi connectivity index (χ2n) is 6.48. The Bertz CT molecular complexity index is 725. The molecule has 1 aromatic heterocycles. The number of rotatable bonds is 4. The van der Waals surface area contributed by atoms with Gasteiger partial charge in [-0.25, -0.2) is 4.98 Å². The average molecular weight is 326 g/mol. The lowest BCUT2D eigenvalue weighted by molar-refractivity contribution is 0.165. The minimum Gasteiger partial charge on any atom is -0.486 e. The maximum atomic E-state index is 6.06. The van der Waals surface area contributed by atoms with Crippen LogP contribution in [0.3, 0.4) is 0 Å². The molecule has 2 aliphatic rings. The number of aromatic nitrogens is 2. The van der Waals surface area contributed by atoms with Crippen molar-refractivity contribution in [3.8, 4) is 5.75 Å². The molecule has 2 N–H and O–H groups in total. The summed E-state index contributed by atoms with van der Waals surface area (Å²) in [5, 5.41) is 0. The van der Waals surface area contributed by atoms with Crippen LogP contribution in [-0.2, 0) is 4.74 Å². The Morgan fingerprint density at radius 2 is 2.08 bits per heavy atom. The summed E-state index contributed by atoms with van der Waals surface area (Å²) in [7, 11) is 0. The Morgan fingerprint density at radius 1 is 1.25 bits per heavy atom. The molecule has 6 nitrogen and oxygen atoms in total. The van der Waals surface area contributed by atoms with Gasteiger partial charge in [-0.05, 0) is 25.0 Å². The van der Waals surface area contributed by atoms with Gasteiger partial charge >= 0.3 is 0 Å². The van der Waals surface area contributed by atoms with E-state index in [4.69, 9.17) is 15.2 Å². The molecule has 3 heterocycles. The molecule has 0 unspecified atom stereocenters. The summed E-state index contributed by atoms with van der Waals surface area (Å²) in [4.78, 5) is 10.9. The van der Waals surface area contributed by atoms with Gasteiger partial charge in [0.15, 0.2) is 0 Å². The van der Waals surface area contributed by atoms with E-state index in [-0.39, 0.29) is 6.10 Å². The number of anilines is 2. The number of aryl methyl sites for hydroxylation is 1. The first-order valence-electron chi connectivity index (χ1n) is 8.38. The fourth-order valence-corrected chi connectivity index (χ4v) is 3.18. The van der Waals surface area contributed by atoms with E-state index in [1.165, 1.54) is 0 Å². The summed E-state index contributed by atoms with van der Waals surface area (Å²) in [6.07, 6.45) is 1.18. The second kappa shape index (κ2) is 6.28. The lowest BCUT2D eigenvalue weighted by atomic mass is 10.0. The molecule has 126 valence electrons. The van der Waals surface area contributed by atoms with Gasteiger partial charge in [-0.3, -0.25) is 0 Å². The van der Waals surface area contributed by atoms with E-state index in [0.717, 1.165) is 55.5 Å². The first kappa shape index (κ1) is 15.2. The highest BCUT2D eigenvalue weighted by atomic mass is 16.5. The van der Waals surface area contributed by atoms with Crippen LogP contribution in [-0.4, -0.2) is 42.4 Å². The van der Waals surface area contributed by atoms with Crippen LogP contribution in [0, 0.1) is 6.92 Å². The number of hydrogen-bond acceptors (Lipinski definition) is 6. The normalized spacial score (nSPS) is 20.9. The zero-order valence-electron chi connectivity index (χ0n) is 13.8. The van der Waals surface area contributed by atoms with Crippen LogP contribution in [0.1, 0.15) is 23.6 Å². The SMILES string of the molecule is Cc1ccccc1OC1CN(c2cc([C@H]3CCOC3)nc(N)n2)C1. The second-order valence-corrected chi connectivity index (χ2v) is 6.48. The van der Waals surface area contributed by atoms with Crippen molar-refractivity contribution in [1.82, 2.24) is 9.97 Å². The van der Waals surface area contributed by atoms with E-state index in [2.05, 4.69) is 27.9 Å². The fraction of sp³-hybridized carbons (Fsp3) is 0.444. The largest absolute Gasteiger partial charge is 0.486 e. The molecule has 0 amide bonds. The molecule has 0 aliphatic carbocycles. The van der Waals surface area contributed by atoms with Gasteiger partial charge in [0.25, 0.3) is 0 Å². The molecular weight excluding hydrogens is 304 g/mol. The van der Waals surface area contributed by atoms with Crippen molar-refractivity contribution in [1.29, 1.82) is 0 Å². The van der Waals surface area contributed by atoms with Gasteiger partial charge in [0.05, 0.1) is 25.4 Å². The molecule has 24 heavy (non-hydrogen) atoms. The summed E-state index contributed by atoms with van der Waals surface area (Å²) in [6.45, 7) is 5.19. The molecule has 0 spiro atoms. The minimum atomic E-state index is 0.181. The molecule has 0 bridgehead atoms. The van der Waals surface area contributed by atoms with Crippen LogP contribution in [0.4, 0.5) is 11.8 Å². The summed E-state index contributed by atoms with van der Waals surface area (Å²) in [6, 6.07) is 10.1. The zero-order chi connectivity index (χ0) is 16.5. The van der Waals surface area contributed by atoms with Crippen molar-refractivity contribution in [2.75, 3.05) is 36.9 Å². The third kappa shape index (κ3) is 3.01. The molecule has 2 fully saturated rings. The first-order valence-corrected chi connectivity index (χ1v) is 8.38. The highest BCUT2D eigenvalue weighted by molar-refractivity contribution is 5.47. The number of ether oxygens (including phenoxy) is 2. The van der Waals surface area contributed by atoms with E-state index in [9.17, 15) is 0 Å². The van der Waals surface area contributed by atoms with Crippen molar-refractivity contribution < 1.29 is 9.47 Å². The van der Waals surface area contributed by atoms with Crippen molar-refractivity contribution in [2.24, 2.45) is 0 Å². The van der Waals surface area contributed by atoms with Gasteiger partial charge in [0.1, 0.15) is 17.7 Å². The van der Waals surface area contributed by atoms with E-state index < -0.39 is 0 Å². The molecule has 2 saturated heterocycles. The van der Waals surface area contributed by atoms with Crippen molar-refractivity contribution in [2.45, 2.75) is 25.4 Å². The summed E-state index contributed by atoms with van der Waals surface area (Å²) < 4.78 is 11.5. The Hall–Kier alpha value is -2.34. The molecule has 2 aliphatic heterocycles. The Balaban J connectivity index is 1.42. The summed E-state index contributed by atoms with van der Waals surface area (Å²) in [5.74, 6) is 2.49. The van der Waals surface area contributed by atoms with Gasteiger partial charge < -0.3 is 20.1 Å². The third-order valence-electron chi connectivity index (χ3n) is 4.66. The Kier molecular flexibility index (Phi) is 3.98. The molecule has 0 radical (unpaired) electrons. The van der Waals surface area contributed by atoms with Gasteiger partial charge in [-0.1, -0.05) is 18.2 Å². The standard InChI is InChI=1S/C18H22N4O2/c1-12-4-2-3-5-16(12)24-14-9-22(10-14)17-8-15(20-18(19)21-17)13-6-7-23-11-13/h2-5,8,13-14H,6-7,9-11H2,1H3,(H2,19,20,21)/t13-/m0/s1. The Morgan fingerprint density at radius 3 is 2.83 bits per heavy atom. The van der Waals surface area contributed by atoms with Crippen LogP contribution < -0.4 is 15.4 Å². The number of hydrogen-bond donors (Lipinski definition) is 1. The smallest absolute Gasteiger partial charge is 0.222 e. The summed E-state index contributed by atoms with van der Waals surface area (Å²) in [5.41, 5.74) is 8.04. The third-order valence-corrected chi connectivity index (χ3v) is 4.66. The number of para-hydroxylation sites is 1. The highest BCUT2D eigenvalue weighted by Gasteiger charge is 2.31. The van der Waals surface area contributed by atoms with Crippen LogP contribution in [0.5, 0.6) is 5.75 Å². The van der Waals surface area contributed by atoms with Crippen LogP contribution in [0.2, 0.25) is 0 Å². The van der Waals surface area contributed by atoms with Gasteiger partial charge in [-0.2, -0.15) is 4.98 Å². The summed E-state index contributed by atoms with van der Waals surface area (Å²) >= 11 is 0. The molecule has 0 saturated carbocycles. The topological polar surface area (TPSA) is 73.5 Å². The number of nitrogens with zero attached hydrogens (tertiary/aromatic N) is 3. The Labute approximate surface area is 141 Å². The van der Waals surface area contributed by atoms with E-state index in [0.29, 0.717) is 11.9 Å². The molecule has 4 rings (SSSR count). The zero-order valence-corrected chi connectivity index (χ0v) is 13.8. The first-order chi connectivity index (χ1) is 11.7. The van der Waals surface area contributed by atoms with E-state index in [1.54, 1.807) is 0 Å². The predicted molar refractivity (Wildman–Crippen MR) is 92.4 cm³/mol. The van der Waals surface area contributed by atoms with Crippen molar-refractivity contribution >= 4 is 11.8 Å². The highest BCUT2D eigenvalue weighted by Crippen LogP contribution is 2.29. The maximum absolute atomic E-state index is 6.06. The molecular formula is C18H22N4O2. The van der Waals surface area contributed by atoms with Crippen molar-refractivity contribution in [3.63, 3.8) is 0 Å². The van der Waals surface area contributed by atoms with Gasteiger partial charge in [0, 0.05) is 18.6 Å². The number of benzene rings is 1. The monoisotopic (exact) mass is 326 g/mol. The fourth-order valence-electron chi connectivity index (χ4n) is 3.18. The lowest BCUT2D eigenvalue weighted by Gasteiger charge is -2.40. The quantitative estimate of drug-likeness (QED) is 0.928. The molecule has 1 atom stereocenters. The van der Waals surface area contributed by atoms with Crippen LogP contribution in [0.25, 0.3) is 0 Å². The predicted octanol–water partition coefficient (Wildman–Crippen LogP) is 2.14. The number of nitrogen functional groups attached to an aromatic ring is 1.